The molecule has 90 valence electrons. The molecule has 0 unspecified atom stereocenters. The first kappa shape index (κ1) is 12.3. The van der Waals surface area contributed by atoms with Gasteiger partial charge in [-0.2, -0.15) is 13.2 Å². The second kappa shape index (κ2) is 3.92. The SMILES string of the molecule is O=C(c1c[nH]c2c(Cl)ccc(Cl)c12)C(F)(F)F. The van der Waals surface area contributed by atoms with Crippen molar-refractivity contribution >= 4 is 39.9 Å². The Kier molecular flexibility index (Phi) is 2.83. The first-order valence-corrected chi connectivity index (χ1v) is 5.14. The number of alkyl halides is 3. The van der Waals surface area contributed by atoms with Gasteiger partial charge in [-0.15, -0.1) is 0 Å². The van der Waals surface area contributed by atoms with Crippen molar-refractivity contribution < 1.29 is 18.0 Å². The third kappa shape index (κ3) is 2.00. The molecule has 2 aromatic rings. The number of benzene rings is 1. The molecule has 1 aromatic heterocycles. The van der Waals surface area contributed by atoms with E-state index in [0.717, 1.165) is 6.20 Å². The molecule has 1 N–H and O–H groups in total. The fraction of sp³-hybridized carbons (Fsp3) is 0.100. The molecule has 1 heterocycles. The standard InChI is InChI=1S/C10H4Cl2F3NO/c11-5-1-2-6(12)8-7(5)4(3-16-8)9(17)10(13,14)15/h1-3,16H. The summed E-state index contributed by atoms with van der Waals surface area (Å²) in [5, 5.41) is 0.227. The van der Waals surface area contributed by atoms with Crippen LogP contribution in [0.25, 0.3) is 10.9 Å². The lowest BCUT2D eigenvalue weighted by Gasteiger charge is -2.04. The predicted molar refractivity (Wildman–Crippen MR) is 58.7 cm³/mol. The minimum absolute atomic E-state index is 0.0125. The fourth-order valence-electron chi connectivity index (χ4n) is 1.50. The Morgan fingerprint density at radius 1 is 1.18 bits per heavy atom. The zero-order chi connectivity index (χ0) is 12.8. The number of carbonyl (C=O) groups excluding carboxylic acids is 1. The van der Waals surface area contributed by atoms with Crippen molar-refractivity contribution in [2.45, 2.75) is 6.18 Å². The van der Waals surface area contributed by atoms with Gasteiger partial charge < -0.3 is 4.98 Å². The molecule has 0 fully saturated rings. The summed E-state index contributed by atoms with van der Waals surface area (Å²) in [5.41, 5.74) is -0.313. The molecule has 2 rings (SSSR count). The van der Waals surface area contributed by atoms with E-state index in [1.54, 1.807) is 0 Å². The molecule has 0 saturated carbocycles. The Morgan fingerprint density at radius 3 is 2.35 bits per heavy atom. The zero-order valence-corrected chi connectivity index (χ0v) is 9.54. The normalized spacial score (nSPS) is 12.1. The van der Waals surface area contributed by atoms with Gasteiger partial charge in [0.15, 0.2) is 0 Å². The number of aromatic nitrogens is 1. The summed E-state index contributed by atoms with van der Waals surface area (Å²) in [4.78, 5) is 13.7. The maximum atomic E-state index is 12.3. The van der Waals surface area contributed by atoms with Gasteiger partial charge in [0.05, 0.1) is 21.1 Å². The van der Waals surface area contributed by atoms with E-state index in [-0.39, 0.29) is 20.9 Å². The van der Waals surface area contributed by atoms with Crippen LogP contribution in [0, 0.1) is 0 Å². The van der Waals surface area contributed by atoms with Gasteiger partial charge in [-0.05, 0) is 12.1 Å². The summed E-state index contributed by atoms with van der Waals surface area (Å²) >= 11 is 11.6. The van der Waals surface area contributed by atoms with Crippen LogP contribution in [0.15, 0.2) is 18.3 Å². The molecule has 7 heteroatoms. The van der Waals surface area contributed by atoms with Crippen molar-refractivity contribution in [2.24, 2.45) is 0 Å². The monoisotopic (exact) mass is 281 g/mol. The van der Waals surface area contributed by atoms with E-state index in [4.69, 9.17) is 23.2 Å². The molecule has 2 nitrogen and oxygen atoms in total. The van der Waals surface area contributed by atoms with E-state index in [1.807, 2.05) is 0 Å². The number of hydrogen-bond acceptors (Lipinski definition) is 1. The smallest absolute Gasteiger partial charge is 0.359 e. The average Bonchev–Trinajstić information content (AvgIpc) is 2.66. The maximum absolute atomic E-state index is 12.3. The molecular formula is C10H4Cl2F3NO. The third-order valence-corrected chi connectivity index (χ3v) is 2.87. The Bertz CT molecular complexity index is 603. The summed E-state index contributed by atoms with van der Waals surface area (Å²) in [5.74, 6) is -1.95. The molecular weight excluding hydrogens is 278 g/mol. The lowest BCUT2D eigenvalue weighted by molar-refractivity contribution is -0.0884. The predicted octanol–water partition coefficient (Wildman–Crippen LogP) is 4.22. The number of nitrogens with one attached hydrogen (secondary N) is 1. The van der Waals surface area contributed by atoms with Gasteiger partial charge in [-0.3, -0.25) is 4.79 Å². The summed E-state index contributed by atoms with van der Waals surface area (Å²) in [7, 11) is 0. The minimum Gasteiger partial charge on any atom is -0.359 e. The van der Waals surface area contributed by atoms with Gasteiger partial charge >= 0.3 is 6.18 Å². The van der Waals surface area contributed by atoms with E-state index in [1.165, 1.54) is 12.1 Å². The molecule has 0 radical (unpaired) electrons. The largest absolute Gasteiger partial charge is 0.454 e. The van der Waals surface area contributed by atoms with Gasteiger partial charge in [0.1, 0.15) is 0 Å². The van der Waals surface area contributed by atoms with Crippen molar-refractivity contribution in [1.29, 1.82) is 0 Å². The number of hydrogen-bond donors (Lipinski definition) is 1. The molecule has 17 heavy (non-hydrogen) atoms. The maximum Gasteiger partial charge on any atom is 0.454 e. The summed E-state index contributed by atoms with van der Waals surface area (Å²) < 4.78 is 37.0. The van der Waals surface area contributed by atoms with E-state index in [9.17, 15) is 18.0 Å². The van der Waals surface area contributed by atoms with E-state index >= 15 is 0 Å². The van der Waals surface area contributed by atoms with Crippen LogP contribution in [0.1, 0.15) is 10.4 Å². The van der Waals surface area contributed by atoms with Crippen molar-refractivity contribution in [3.63, 3.8) is 0 Å². The highest BCUT2D eigenvalue weighted by atomic mass is 35.5. The van der Waals surface area contributed by atoms with Gasteiger partial charge in [0.25, 0.3) is 5.78 Å². The molecule has 0 atom stereocenters. The summed E-state index contributed by atoms with van der Waals surface area (Å²) in [6.45, 7) is 0. The van der Waals surface area contributed by atoms with Crippen LogP contribution in [-0.2, 0) is 0 Å². The lowest BCUT2D eigenvalue weighted by Crippen LogP contribution is -2.22. The third-order valence-electron chi connectivity index (χ3n) is 2.24. The fourth-order valence-corrected chi connectivity index (χ4v) is 1.98. The second-order valence-corrected chi connectivity index (χ2v) is 4.12. The van der Waals surface area contributed by atoms with Gasteiger partial charge in [0, 0.05) is 11.6 Å². The number of Topliss-reactive ketones (excluding diaryl/α,β-unsaturated/α-hetero) is 1. The van der Waals surface area contributed by atoms with Crippen molar-refractivity contribution in [1.82, 2.24) is 4.98 Å². The van der Waals surface area contributed by atoms with E-state index in [2.05, 4.69) is 4.98 Å². The number of rotatable bonds is 1. The topological polar surface area (TPSA) is 32.9 Å². The van der Waals surface area contributed by atoms with Crippen molar-refractivity contribution in [3.05, 3.63) is 33.9 Å². The number of carbonyl (C=O) groups is 1. The first-order valence-electron chi connectivity index (χ1n) is 4.39. The molecule has 1 aromatic carbocycles. The van der Waals surface area contributed by atoms with Crippen LogP contribution in [0.4, 0.5) is 13.2 Å². The quantitative estimate of drug-likeness (QED) is 0.780. The first-order chi connectivity index (χ1) is 7.82. The number of ketones is 1. The Balaban J connectivity index is 2.73. The molecule has 0 amide bonds. The zero-order valence-electron chi connectivity index (χ0n) is 8.03. The van der Waals surface area contributed by atoms with Gasteiger partial charge in [-0.1, -0.05) is 23.2 Å². The lowest BCUT2D eigenvalue weighted by atomic mass is 10.1. The van der Waals surface area contributed by atoms with Crippen LogP contribution >= 0.6 is 23.2 Å². The average molecular weight is 282 g/mol. The highest BCUT2D eigenvalue weighted by molar-refractivity contribution is 6.41. The van der Waals surface area contributed by atoms with Crippen LogP contribution in [0.5, 0.6) is 0 Å². The minimum atomic E-state index is -4.94. The summed E-state index contributed by atoms with van der Waals surface area (Å²) in [6.07, 6.45) is -3.99. The number of H-pyrrole nitrogens is 1. The molecule has 0 aliphatic rings. The van der Waals surface area contributed by atoms with Gasteiger partial charge in [-0.25, -0.2) is 0 Å². The van der Waals surface area contributed by atoms with Crippen molar-refractivity contribution in [2.75, 3.05) is 0 Å². The Morgan fingerprint density at radius 2 is 1.76 bits per heavy atom. The van der Waals surface area contributed by atoms with E-state index in [0.29, 0.717) is 0 Å². The number of halogens is 5. The highest BCUT2D eigenvalue weighted by Crippen LogP contribution is 2.34. The van der Waals surface area contributed by atoms with Crippen LogP contribution in [-0.4, -0.2) is 16.9 Å². The summed E-state index contributed by atoms with van der Waals surface area (Å²) in [6, 6.07) is 2.78. The number of fused-ring (bicyclic) bond motifs is 1. The molecule has 0 bridgehead atoms. The molecule has 0 saturated heterocycles. The Labute approximate surface area is 103 Å². The van der Waals surface area contributed by atoms with Crippen LogP contribution < -0.4 is 0 Å². The molecule has 0 spiro atoms. The molecule has 0 aliphatic carbocycles. The second-order valence-electron chi connectivity index (χ2n) is 3.31. The molecule has 0 aliphatic heterocycles. The van der Waals surface area contributed by atoms with Crippen LogP contribution in [0.2, 0.25) is 10.0 Å². The Hall–Kier alpha value is -1.20. The van der Waals surface area contributed by atoms with Crippen LogP contribution in [0.3, 0.4) is 0 Å². The van der Waals surface area contributed by atoms with Gasteiger partial charge in [0.2, 0.25) is 0 Å². The van der Waals surface area contributed by atoms with Crippen molar-refractivity contribution in [3.8, 4) is 0 Å². The number of aromatic amines is 1. The highest BCUT2D eigenvalue weighted by Gasteiger charge is 2.40. The van der Waals surface area contributed by atoms with E-state index < -0.39 is 17.5 Å².